The monoisotopic (exact) mass is 535 g/mol. The van der Waals surface area contributed by atoms with Crippen LogP contribution in [0.4, 0.5) is 15.8 Å². The van der Waals surface area contributed by atoms with Gasteiger partial charge in [-0.25, -0.2) is 14.2 Å². The molecule has 0 saturated carbocycles. The molecule has 0 radical (unpaired) electrons. The van der Waals surface area contributed by atoms with Crippen molar-refractivity contribution in [3.05, 3.63) is 89.7 Å². The number of amides is 2. The van der Waals surface area contributed by atoms with Gasteiger partial charge in [0.25, 0.3) is 0 Å². The molecule has 3 aromatic rings. The number of nitrogens with zero attached hydrogens (tertiary/aromatic N) is 2. The number of nitrogens with one attached hydrogen (secondary N) is 1. The minimum Gasteiger partial charge on any atom is -0.497 e. The highest BCUT2D eigenvalue weighted by Crippen LogP contribution is 2.32. The number of hydrogen-bond donors (Lipinski definition) is 1. The van der Waals surface area contributed by atoms with Crippen LogP contribution in [-0.2, 0) is 20.7 Å². The highest BCUT2D eigenvalue weighted by atomic mass is 32.2. The van der Waals surface area contributed by atoms with Crippen LogP contribution in [0.5, 0.6) is 5.75 Å². The lowest BCUT2D eigenvalue weighted by molar-refractivity contribution is -0.128. The highest BCUT2D eigenvalue weighted by Gasteiger charge is 2.39. The first kappa shape index (κ1) is 26.9. The molecule has 0 aliphatic carbocycles. The summed E-state index contributed by atoms with van der Waals surface area (Å²) in [6.07, 6.45) is 0.508. The third-order valence-corrected chi connectivity index (χ3v) is 6.99. The van der Waals surface area contributed by atoms with Crippen molar-refractivity contribution in [2.24, 2.45) is 4.99 Å². The average Bonchev–Trinajstić information content (AvgIpc) is 3.22. The molecule has 1 atom stereocenters. The first-order valence-electron chi connectivity index (χ1n) is 11.8. The van der Waals surface area contributed by atoms with Crippen molar-refractivity contribution in [2.75, 3.05) is 26.1 Å². The van der Waals surface area contributed by atoms with Crippen LogP contribution in [0.15, 0.2) is 77.8 Å². The van der Waals surface area contributed by atoms with E-state index in [2.05, 4.69) is 15.0 Å². The van der Waals surface area contributed by atoms with Gasteiger partial charge >= 0.3 is 5.97 Å². The third-order valence-electron chi connectivity index (χ3n) is 5.82. The quantitative estimate of drug-likeness (QED) is 0.395. The van der Waals surface area contributed by atoms with Gasteiger partial charge in [0.05, 0.1) is 25.5 Å². The van der Waals surface area contributed by atoms with Crippen molar-refractivity contribution in [1.29, 1.82) is 0 Å². The maximum atomic E-state index is 13.4. The number of halogens is 1. The Morgan fingerprint density at radius 2 is 1.68 bits per heavy atom. The van der Waals surface area contributed by atoms with E-state index in [4.69, 9.17) is 4.74 Å². The molecule has 10 heteroatoms. The Morgan fingerprint density at radius 1 is 1.00 bits per heavy atom. The molecule has 1 aliphatic rings. The van der Waals surface area contributed by atoms with E-state index in [1.165, 1.54) is 43.1 Å². The molecule has 1 heterocycles. The molecular formula is C28H26FN3O5S. The molecule has 1 fully saturated rings. The largest absolute Gasteiger partial charge is 0.497 e. The summed E-state index contributed by atoms with van der Waals surface area (Å²) < 4.78 is 23.2. The van der Waals surface area contributed by atoms with Gasteiger partial charge in [-0.3, -0.25) is 14.5 Å². The fraction of sp³-hybridized carbons (Fsp3) is 0.214. The van der Waals surface area contributed by atoms with E-state index >= 15 is 0 Å². The molecular weight excluding hydrogens is 509 g/mol. The normalized spacial score (nSPS) is 16.0. The number of carbonyl (C=O) groups is 3. The van der Waals surface area contributed by atoms with Crippen molar-refractivity contribution in [3.63, 3.8) is 0 Å². The maximum Gasteiger partial charge on any atom is 0.337 e. The van der Waals surface area contributed by atoms with Crippen LogP contribution in [0, 0.1) is 5.82 Å². The summed E-state index contributed by atoms with van der Waals surface area (Å²) in [5, 5.41) is 2.55. The maximum absolute atomic E-state index is 13.4. The molecule has 8 nitrogen and oxygen atoms in total. The number of benzene rings is 3. The summed E-state index contributed by atoms with van der Waals surface area (Å²) >= 11 is 1.21. The van der Waals surface area contributed by atoms with Gasteiger partial charge in [-0.1, -0.05) is 23.9 Å². The summed E-state index contributed by atoms with van der Waals surface area (Å²) in [6, 6.07) is 19.5. The van der Waals surface area contributed by atoms with Crippen molar-refractivity contribution < 1.29 is 28.2 Å². The number of thioether (sulfide) groups is 1. The van der Waals surface area contributed by atoms with Crippen molar-refractivity contribution in [1.82, 2.24) is 4.90 Å². The van der Waals surface area contributed by atoms with Gasteiger partial charge in [0.2, 0.25) is 11.8 Å². The first-order chi connectivity index (χ1) is 18.4. The Hall–Kier alpha value is -4.18. The molecule has 1 N–H and O–H groups in total. The molecule has 38 heavy (non-hydrogen) atoms. The number of carbonyl (C=O) groups excluding carboxylic acids is 3. The van der Waals surface area contributed by atoms with E-state index in [0.717, 1.165) is 11.3 Å². The van der Waals surface area contributed by atoms with E-state index in [1.54, 1.807) is 36.3 Å². The lowest BCUT2D eigenvalue weighted by Gasteiger charge is -2.16. The number of anilines is 1. The molecule has 0 bridgehead atoms. The van der Waals surface area contributed by atoms with Gasteiger partial charge in [0.1, 0.15) is 16.8 Å². The van der Waals surface area contributed by atoms with Crippen LogP contribution < -0.4 is 10.1 Å². The third kappa shape index (κ3) is 6.77. The second-order valence-electron chi connectivity index (χ2n) is 8.39. The van der Waals surface area contributed by atoms with Crippen molar-refractivity contribution in [2.45, 2.75) is 18.1 Å². The van der Waals surface area contributed by atoms with Crippen molar-refractivity contribution in [3.8, 4) is 5.75 Å². The Kier molecular flexibility index (Phi) is 8.75. The molecule has 196 valence electrons. The van der Waals surface area contributed by atoms with Crippen LogP contribution in [0.1, 0.15) is 22.3 Å². The molecule has 1 saturated heterocycles. The number of hydrogen-bond acceptors (Lipinski definition) is 7. The van der Waals surface area contributed by atoms with E-state index in [0.29, 0.717) is 35.1 Å². The molecule has 0 aromatic heterocycles. The number of aliphatic imine (C=N–C) groups is 1. The van der Waals surface area contributed by atoms with Gasteiger partial charge in [-0.15, -0.1) is 0 Å². The molecule has 3 aromatic carbocycles. The lowest BCUT2D eigenvalue weighted by atomic mass is 10.1. The topological polar surface area (TPSA) is 97.3 Å². The van der Waals surface area contributed by atoms with Crippen molar-refractivity contribution >= 4 is 46.1 Å². The van der Waals surface area contributed by atoms with Gasteiger partial charge in [-0.05, 0) is 72.6 Å². The standard InChI is InChI=1S/C28H26FN3O5S/c1-36-23-13-3-18(4-14-23)15-16-32-26(34)24(38-28(32)31-22-11-7-20(29)8-12-22)17-25(33)30-21-9-5-19(6-10-21)27(35)37-2/h3-14,24H,15-17H2,1-2H3,(H,30,33)/t24-/m1/s1. The molecule has 2 amide bonds. The Balaban J connectivity index is 1.46. The van der Waals surface area contributed by atoms with Crippen LogP contribution >= 0.6 is 11.8 Å². The zero-order chi connectivity index (χ0) is 27.1. The smallest absolute Gasteiger partial charge is 0.337 e. The molecule has 1 aliphatic heterocycles. The summed E-state index contributed by atoms with van der Waals surface area (Å²) in [7, 11) is 2.89. The summed E-state index contributed by atoms with van der Waals surface area (Å²) in [4.78, 5) is 43.8. The second kappa shape index (κ2) is 12.4. The zero-order valence-electron chi connectivity index (χ0n) is 20.8. The predicted octanol–water partition coefficient (Wildman–Crippen LogP) is 4.82. The molecule has 4 rings (SSSR count). The second-order valence-corrected chi connectivity index (χ2v) is 9.56. The van der Waals surface area contributed by atoms with E-state index < -0.39 is 11.2 Å². The van der Waals surface area contributed by atoms with Crippen LogP contribution in [0.3, 0.4) is 0 Å². The lowest BCUT2D eigenvalue weighted by Crippen LogP contribution is -2.35. The number of ether oxygens (including phenoxy) is 2. The van der Waals surface area contributed by atoms with E-state index in [1.807, 2.05) is 24.3 Å². The highest BCUT2D eigenvalue weighted by molar-refractivity contribution is 8.15. The summed E-state index contributed by atoms with van der Waals surface area (Å²) in [5.74, 6) is -0.681. The van der Waals surface area contributed by atoms with Crippen LogP contribution in [0.2, 0.25) is 0 Å². The summed E-state index contributed by atoms with van der Waals surface area (Å²) in [6.45, 7) is 0.366. The molecule has 0 unspecified atom stereocenters. The number of rotatable bonds is 9. The molecule has 0 spiro atoms. The van der Waals surface area contributed by atoms with Gasteiger partial charge in [0.15, 0.2) is 5.17 Å². The van der Waals surface area contributed by atoms with Gasteiger partial charge in [-0.2, -0.15) is 0 Å². The number of amidine groups is 1. The fourth-order valence-electron chi connectivity index (χ4n) is 3.78. The average molecular weight is 536 g/mol. The first-order valence-corrected chi connectivity index (χ1v) is 12.7. The van der Waals surface area contributed by atoms with Crippen LogP contribution in [0.25, 0.3) is 0 Å². The predicted molar refractivity (Wildman–Crippen MR) is 144 cm³/mol. The number of methoxy groups -OCH3 is 2. The van der Waals surface area contributed by atoms with Crippen LogP contribution in [-0.4, -0.2) is 53.9 Å². The minimum atomic E-state index is -0.667. The van der Waals surface area contributed by atoms with Gasteiger partial charge in [0, 0.05) is 18.7 Å². The Bertz CT molecular complexity index is 1330. The Morgan fingerprint density at radius 3 is 2.32 bits per heavy atom. The zero-order valence-corrected chi connectivity index (χ0v) is 21.7. The van der Waals surface area contributed by atoms with E-state index in [9.17, 15) is 18.8 Å². The van der Waals surface area contributed by atoms with E-state index in [-0.39, 0.29) is 24.1 Å². The Labute approximate surface area is 223 Å². The SMILES string of the molecule is COC(=O)c1ccc(NC(=O)C[C@H]2SC(=Nc3ccc(F)cc3)N(CCc3ccc(OC)cc3)C2=O)cc1. The fourth-order valence-corrected chi connectivity index (χ4v) is 4.96. The van der Waals surface area contributed by atoms with Gasteiger partial charge < -0.3 is 14.8 Å². The minimum absolute atomic E-state index is 0.0657. The summed E-state index contributed by atoms with van der Waals surface area (Å²) in [5.41, 5.74) is 2.38. The number of esters is 1.